The van der Waals surface area contributed by atoms with E-state index in [0.29, 0.717) is 56.9 Å². The Hall–Kier alpha value is -3.45. The van der Waals surface area contributed by atoms with Crippen LogP contribution in [-0.4, -0.2) is 152 Å². The Kier molecular flexibility index (Phi) is 23.9. The smallest absolute Gasteiger partial charge is 0.329 e. The number of cyclic esters (lactones) is 1. The fraction of sp³-hybridized carbons (Fsp3) is 0.776. The number of methoxy groups -OCH3 is 4. The maximum atomic E-state index is 14.6. The number of aliphatic hydroxyl groups is 2. The highest BCUT2D eigenvalue weighted by atomic mass is 16.7. The zero-order chi connectivity index (χ0) is 54.4. The average Bonchev–Trinajstić information content (AvgIpc) is 3.38. The van der Waals surface area contributed by atoms with E-state index in [9.17, 15) is 34.2 Å². The highest BCUT2D eigenvalue weighted by Gasteiger charge is 2.53. The van der Waals surface area contributed by atoms with Gasteiger partial charge in [-0.15, -0.1) is 0 Å². The van der Waals surface area contributed by atoms with Crippen molar-refractivity contribution >= 4 is 29.2 Å². The van der Waals surface area contributed by atoms with E-state index < -0.39 is 77.8 Å². The van der Waals surface area contributed by atoms with Gasteiger partial charge in [-0.2, -0.15) is 0 Å². The number of carbonyl (C=O) groups is 5. The molecule has 1 saturated carbocycles. The summed E-state index contributed by atoms with van der Waals surface area (Å²) in [4.78, 5) is 72.7. The molecule has 5 unspecified atom stereocenters. The number of allylic oxidation sites excluding steroid dienone is 6. The van der Waals surface area contributed by atoms with Crippen molar-refractivity contribution in [3.05, 3.63) is 47.6 Å². The Morgan fingerprint density at radius 2 is 1.51 bits per heavy atom. The van der Waals surface area contributed by atoms with Crippen molar-refractivity contribution in [2.24, 2.45) is 35.5 Å². The number of hydrogen-bond acceptors (Lipinski definition) is 15. The third-order valence-corrected chi connectivity index (χ3v) is 16.6. The zero-order valence-corrected chi connectivity index (χ0v) is 46.5. The number of rotatable bonds is 9. The van der Waals surface area contributed by atoms with Gasteiger partial charge in [-0.25, -0.2) is 4.79 Å². The highest BCUT2D eigenvalue weighted by Crippen LogP contribution is 2.39. The number of esters is 1. The first-order valence-electron chi connectivity index (χ1n) is 27.5. The van der Waals surface area contributed by atoms with Crippen molar-refractivity contribution < 1.29 is 72.1 Å². The van der Waals surface area contributed by atoms with Crippen LogP contribution in [0.2, 0.25) is 0 Å². The second-order valence-corrected chi connectivity index (χ2v) is 22.3. The Labute approximate surface area is 441 Å². The fourth-order valence-corrected chi connectivity index (χ4v) is 11.8. The van der Waals surface area contributed by atoms with E-state index in [1.54, 1.807) is 48.2 Å². The second-order valence-electron chi connectivity index (χ2n) is 22.3. The van der Waals surface area contributed by atoms with Crippen LogP contribution in [0.1, 0.15) is 145 Å². The average molecular weight is 1040 g/mol. The van der Waals surface area contributed by atoms with Crippen LogP contribution in [0.3, 0.4) is 0 Å². The summed E-state index contributed by atoms with van der Waals surface area (Å²) >= 11 is 0. The first-order valence-corrected chi connectivity index (χ1v) is 27.5. The standard InChI is InChI=1S/C58H91NO15/c1-34-18-14-13-15-19-35(2)48(67-9)32-43-23-21-40(7)58(66,74-43)55(63)56(64)59-27-17-16-20-44(59)57(65)73-49(33-45(60)36(3)29-39(6)53(62)54(70-12)52(61)38(5)28-34)37(4)30-42-22-24-47(50(31-42)68-10)72-46-25-26-51(69-11)71-41(46)8/h13-15,18-19,29,34,36-38,40-44,46-51,53-54,62,66H,16-17,20-28,30-33H2,1-12H3/b15-13+,18-14+,35-19+,39-29+/t34-,36-,37+,38-,40-,41?,42-,43+,44+,46?,47+,48+,49+,50?,51?,53?,54+,58-/m1/s1. The monoisotopic (exact) mass is 1040 g/mol. The van der Waals surface area contributed by atoms with Gasteiger partial charge in [0.15, 0.2) is 12.1 Å². The Morgan fingerprint density at radius 3 is 2.19 bits per heavy atom. The minimum absolute atomic E-state index is 0.0148. The van der Waals surface area contributed by atoms with Crippen LogP contribution in [0.25, 0.3) is 0 Å². The van der Waals surface area contributed by atoms with Gasteiger partial charge in [0.05, 0.1) is 36.6 Å². The SMILES string of the molecule is COC1CCC(O[C@H]2CC[C@H](C[C@H](C)[C@@H]3CC(=O)[C@H](C)/C=C(\C)C(O)[C@@H](OC)C(=O)[C@H](C)C[C@H](C)/C=C/C=C/C=C(\C)[C@@H](OC)C[C@@H]4CC[C@@H](C)[C@@](O)(O4)C(=O)C(=O)N4CCCC[C@H]4C(=O)O3)CC2OC)C(C)O1. The minimum atomic E-state index is -2.44. The summed E-state index contributed by atoms with van der Waals surface area (Å²) in [6.45, 7) is 14.8. The van der Waals surface area contributed by atoms with Gasteiger partial charge >= 0.3 is 5.97 Å². The topological polar surface area (TPSA) is 203 Å². The van der Waals surface area contributed by atoms with Crippen molar-refractivity contribution in [3.8, 4) is 0 Å². The summed E-state index contributed by atoms with van der Waals surface area (Å²) in [5.41, 5.74) is 1.27. The predicted octanol–water partition coefficient (Wildman–Crippen LogP) is 7.74. The molecule has 18 atom stereocenters. The van der Waals surface area contributed by atoms with Gasteiger partial charge in [-0.3, -0.25) is 19.2 Å². The number of piperidine rings is 1. The van der Waals surface area contributed by atoms with Crippen LogP contribution < -0.4 is 0 Å². The first-order chi connectivity index (χ1) is 35.1. The van der Waals surface area contributed by atoms with Gasteiger partial charge in [0.2, 0.25) is 5.79 Å². The van der Waals surface area contributed by atoms with Crippen LogP contribution in [0.4, 0.5) is 0 Å². The maximum absolute atomic E-state index is 14.6. The number of carbonyl (C=O) groups excluding carboxylic acids is 5. The molecule has 74 heavy (non-hydrogen) atoms. The number of Topliss-reactive ketones (excluding diaryl/α,β-unsaturated/α-hetero) is 3. The van der Waals surface area contributed by atoms with Crippen LogP contribution in [0, 0.1) is 35.5 Å². The summed E-state index contributed by atoms with van der Waals surface area (Å²) in [7, 11) is 6.30. The molecule has 0 aromatic heterocycles. The van der Waals surface area contributed by atoms with E-state index in [4.69, 9.17) is 37.9 Å². The molecule has 0 radical (unpaired) electrons. The summed E-state index contributed by atoms with van der Waals surface area (Å²) in [6, 6.07) is -1.15. The zero-order valence-electron chi connectivity index (χ0n) is 46.5. The Bertz CT molecular complexity index is 2000. The van der Waals surface area contributed by atoms with E-state index in [2.05, 4.69) is 0 Å². The molecule has 5 aliphatic rings. The molecule has 4 heterocycles. The molecule has 0 aromatic carbocycles. The summed E-state index contributed by atoms with van der Waals surface area (Å²) < 4.78 is 48.2. The van der Waals surface area contributed by atoms with Crippen LogP contribution in [0.15, 0.2) is 47.6 Å². The molecule has 1 aliphatic carbocycles. The molecule has 16 nitrogen and oxygen atoms in total. The summed E-state index contributed by atoms with van der Waals surface area (Å²) in [6.07, 6.45) is 13.2. The molecular formula is C58H91NO15. The molecule has 2 N–H and O–H groups in total. The third-order valence-electron chi connectivity index (χ3n) is 16.6. The van der Waals surface area contributed by atoms with Crippen molar-refractivity contribution in [2.75, 3.05) is 35.0 Å². The largest absolute Gasteiger partial charge is 0.460 e. The van der Waals surface area contributed by atoms with Crippen LogP contribution in [-0.2, 0) is 61.9 Å². The van der Waals surface area contributed by atoms with Crippen molar-refractivity contribution in [3.63, 3.8) is 0 Å². The quantitative estimate of drug-likeness (QED) is 0.129. The fourth-order valence-electron chi connectivity index (χ4n) is 11.8. The number of ketones is 3. The van der Waals surface area contributed by atoms with Gasteiger partial charge in [0, 0.05) is 72.0 Å². The molecule has 16 heteroatoms. The molecule has 4 aliphatic heterocycles. The number of aliphatic hydroxyl groups excluding tert-OH is 1. The molecule has 0 spiro atoms. The second kappa shape index (κ2) is 28.8. The van der Waals surface area contributed by atoms with Crippen LogP contribution in [0.5, 0.6) is 0 Å². The van der Waals surface area contributed by atoms with Crippen molar-refractivity contribution in [2.45, 2.75) is 218 Å². The highest BCUT2D eigenvalue weighted by molar-refractivity contribution is 6.39. The number of hydrogen-bond donors (Lipinski definition) is 2. The Balaban J connectivity index is 1.43. The lowest BCUT2D eigenvalue weighted by Gasteiger charge is -2.43. The van der Waals surface area contributed by atoms with E-state index >= 15 is 0 Å². The van der Waals surface area contributed by atoms with E-state index in [-0.39, 0.29) is 79.4 Å². The minimum Gasteiger partial charge on any atom is -0.460 e. The van der Waals surface area contributed by atoms with E-state index in [1.165, 1.54) is 12.0 Å². The lowest BCUT2D eigenvalue weighted by atomic mass is 9.78. The number of ether oxygens (including phenoxy) is 8. The molecule has 1 amide bonds. The summed E-state index contributed by atoms with van der Waals surface area (Å²) in [5, 5.41) is 23.6. The van der Waals surface area contributed by atoms with Gasteiger partial charge in [0.25, 0.3) is 11.7 Å². The van der Waals surface area contributed by atoms with Crippen molar-refractivity contribution in [1.29, 1.82) is 0 Å². The molecule has 2 bridgehead atoms. The van der Waals surface area contributed by atoms with E-state index in [1.807, 2.05) is 65.0 Å². The predicted molar refractivity (Wildman–Crippen MR) is 278 cm³/mol. The normalized spacial score (nSPS) is 41.2. The number of fused-ring (bicyclic) bond motifs is 3. The Morgan fingerprint density at radius 1 is 0.784 bits per heavy atom. The van der Waals surface area contributed by atoms with Gasteiger partial charge in [0.1, 0.15) is 30.1 Å². The van der Waals surface area contributed by atoms with Gasteiger partial charge in [-0.1, -0.05) is 71.1 Å². The lowest BCUT2D eigenvalue weighted by Crippen LogP contribution is -2.61. The molecular weight excluding hydrogens is 951 g/mol. The van der Waals surface area contributed by atoms with Gasteiger partial charge in [-0.05, 0) is 120 Å². The van der Waals surface area contributed by atoms with E-state index in [0.717, 1.165) is 31.3 Å². The lowest BCUT2D eigenvalue weighted by molar-refractivity contribution is -0.265. The summed E-state index contributed by atoms with van der Waals surface area (Å²) in [5.74, 6) is -7.93. The number of nitrogens with zero attached hydrogens (tertiary/aromatic N) is 1. The van der Waals surface area contributed by atoms with Crippen LogP contribution >= 0.6 is 0 Å². The third kappa shape index (κ3) is 16.1. The first kappa shape index (κ1) is 61.4. The van der Waals surface area contributed by atoms with Gasteiger partial charge < -0.3 is 53.0 Å². The molecule has 3 saturated heterocycles. The molecule has 4 fully saturated rings. The number of amides is 1. The molecule has 5 rings (SSSR count). The van der Waals surface area contributed by atoms with Crippen molar-refractivity contribution in [1.82, 2.24) is 4.90 Å². The molecule has 0 aromatic rings. The molecule has 418 valence electrons. The maximum Gasteiger partial charge on any atom is 0.329 e.